The number of fused-ring (bicyclic) bond motifs is 1. The molecule has 2 aromatic rings. The third kappa shape index (κ3) is 3.73. The molecule has 124 valence electrons. The molecular formula is C18H22O5. The zero-order valence-corrected chi connectivity index (χ0v) is 14.0. The van der Waals surface area contributed by atoms with E-state index in [1.54, 1.807) is 19.9 Å². The minimum atomic E-state index is -0.725. The second-order valence-electron chi connectivity index (χ2n) is 5.42. The fourth-order valence-corrected chi connectivity index (χ4v) is 2.51. The maximum absolute atomic E-state index is 11.8. The van der Waals surface area contributed by atoms with Crippen LogP contribution in [0.4, 0.5) is 0 Å². The van der Waals surface area contributed by atoms with Crippen molar-refractivity contribution in [3.63, 3.8) is 0 Å². The standard InChI is InChI=1S/C18H22O5/c1-5-7-13-10-16(19)23-17-11(3)15(9-8-14(13)17)22-12(4)18(20)21-6-2/h8-10,12H,5-7H2,1-4H3/t12-/m1/s1. The normalized spacial score (nSPS) is 12.2. The Hall–Kier alpha value is -2.30. The fraction of sp³-hybridized carbons (Fsp3) is 0.444. The summed E-state index contributed by atoms with van der Waals surface area (Å²) in [5.74, 6) is 0.0861. The highest BCUT2D eigenvalue weighted by Crippen LogP contribution is 2.29. The number of carbonyl (C=O) groups excluding carboxylic acids is 1. The molecule has 0 bridgehead atoms. The highest BCUT2D eigenvalue weighted by Gasteiger charge is 2.18. The molecule has 5 heteroatoms. The molecule has 0 saturated carbocycles. The van der Waals surface area contributed by atoms with Crippen molar-refractivity contribution in [2.45, 2.75) is 46.6 Å². The van der Waals surface area contributed by atoms with Crippen molar-refractivity contribution in [2.24, 2.45) is 0 Å². The van der Waals surface area contributed by atoms with Crippen LogP contribution >= 0.6 is 0 Å². The number of hydrogen-bond acceptors (Lipinski definition) is 5. The predicted molar refractivity (Wildman–Crippen MR) is 87.9 cm³/mol. The van der Waals surface area contributed by atoms with Gasteiger partial charge in [-0.15, -0.1) is 0 Å². The van der Waals surface area contributed by atoms with Gasteiger partial charge in [-0.1, -0.05) is 13.3 Å². The van der Waals surface area contributed by atoms with Crippen LogP contribution in [0.1, 0.15) is 38.3 Å². The van der Waals surface area contributed by atoms with Crippen LogP contribution in [0, 0.1) is 6.92 Å². The number of benzene rings is 1. The first-order chi connectivity index (χ1) is 11.0. The lowest BCUT2D eigenvalue weighted by Crippen LogP contribution is -2.26. The molecule has 0 aliphatic carbocycles. The molecule has 0 aliphatic rings. The van der Waals surface area contributed by atoms with Gasteiger partial charge in [0.2, 0.25) is 0 Å². The average Bonchev–Trinajstić information content (AvgIpc) is 2.51. The summed E-state index contributed by atoms with van der Waals surface area (Å²) in [6.45, 7) is 7.56. The molecular weight excluding hydrogens is 296 g/mol. The van der Waals surface area contributed by atoms with E-state index in [0.29, 0.717) is 23.5 Å². The molecule has 0 amide bonds. The maximum atomic E-state index is 11.8. The van der Waals surface area contributed by atoms with E-state index in [4.69, 9.17) is 13.9 Å². The average molecular weight is 318 g/mol. The zero-order chi connectivity index (χ0) is 17.0. The smallest absolute Gasteiger partial charge is 0.347 e. The predicted octanol–water partition coefficient (Wildman–Crippen LogP) is 3.38. The minimum absolute atomic E-state index is 0.304. The molecule has 23 heavy (non-hydrogen) atoms. The van der Waals surface area contributed by atoms with Crippen LogP contribution in [0.3, 0.4) is 0 Å². The summed E-state index contributed by atoms with van der Waals surface area (Å²) < 4.78 is 16.0. The van der Waals surface area contributed by atoms with Gasteiger partial charge in [0.05, 0.1) is 6.61 Å². The van der Waals surface area contributed by atoms with Crippen molar-refractivity contribution in [1.29, 1.82) is 0 Å². The Morgan fingerprint density at radius 2 is 2.04 bits per heavy atom. The number of ether oxygens (including phenoxy) is 2. The molecule has 0 aliphatic heterocycles. The summed E-state index contributed by atoms with van der Waals surface area (Å²) in [5, 5.41) is 0.903. The van der Waals surface area contributed by atoms with Crippen LogP contribution in [-0.2, 0) is 16.0 Å². The van der Waals surface area contributed by atoms with Gasteiger partial charge >= 0.3 is 11.6 Å². The highest BCUT2D eigenvalue weighted by atomic mass is 16.6. The van der Waals surface area contributed by atoms with Gasteiger partial charge in [0.15, 0.2) is 6.10 Å². The molecule has 2 rings (SSSR count). The molecule has 0 unspecified atom stereocenters. The maximum Gasteiger partial charge on any atom is 0.347 e. The molecule has 0 radical (unpaired) electrons. The minimum Gasteiger partial charge on any atom is -0.479 e. The van der Waals surface area contributed by atoms with Crippen molar-refractivity contribution in [3.8, 4) is 5.75 Å². The highest BCUT2D eigenvalue weighted by molar-refractivity contribution is 5.85. The molecule has 1 aromatic heterocycles. The van der Waals surface area contributed by atoms with E-state index < -0.39 is 12.1 Å². The molecule has 0 saturated heterocycles. The van der Waals surface area contributed by atoms with Gasteiger partial charge in [-0.25, -0.2) is 9.59 Å². The second kappa shape index (κ2) is 7.31. The summed E-state index contributed by atoms with van der Waals surface area (Å²) in [4.78, 5) is 23.5. The summed E-state index contributed by atoms with van der Waals surface area (Å²) in [6, 6.07) is 5.20. The Balaban J connectivity index is 2.42. The summed E-state index contributed by atoms with van der Waals surface area (Å²) in [5.41, 5.74) is 1.80. The summed E-state index contributed by atoms with van der Waals surface area (Å²) in [7, 11) is 0. The largest absolute Gasteiger partial charge is 0.479 e. The Kier molecular flexibility index (Phi) is 5.42. The summed E-state index contributed by atoms with van der Waals surface area (Å²) in [6.07, 6.45) is 1.02. The van der Waals surface area contributed by atoms with Crippen molar-refractivity contribution < 1.29 is 18.7 Å². The van der Waals surface area contributed by atoms with Crippen LogP contribution in [0.5, 0.6) is 5.75 Å². The first-order valence-corrected chi connectivity index (χ1v) is 7.87. The second-order valence-corrected chi connectivity index (χ2v) is 5.42. The van der Waals surface area contributed by atoms with Gasteiger partial charge in [-0.05, 0) is 44.9 Å². The lowest BCUT2D eigenvalue weighted by atomic mass is 10.0. The number of aryl methyl sites for hydroxylation is 2. The van der Waals surface area contributed by atoms with E-state index in [-0.39, 0.29) is 5.63 Å². The van der Waals surface area contributed by atoms with Gasteiger partial charge in [0.25, 0.3) is 0 Å². The SMILES string of the molecule is CCCc1cc(=O)oc2c(C)c(O[C@H](C)C(=O)OCC)ccc12. The molecule has 1 aromatic carbocycles. The molecule has 0 spiro atoms. The van der Waals surface area contributed by atoms with Crippen LogP contribution in [0.15, 0.2) is 27.4 Å². The topological polar surface area (TPSA) is 65.7 Å². The lowest BCUT2D eigenvalue weighted by Gasteiger charge is -2.16. The Morgan fingerprint density at radius 1 is 1.30 bits per heavy atom. The van der Waals surface area contributed by atoms with Gasteiger partial charge in [0, 0.05) is 17.0 Å². The van der Waals surface area contributed by atoms with Crippen molar-refractivity contribution in [3.05, 3.63) is 39.7 Å². The summed E-state index contributed by atoms with van der Waals surface area (Å²) >= 11 is 0. The van der Waals surface area contributed by atoms with Crippen LogP contribution in [0.2, 0.25) is 0 Å². The van der Waals surface area contributed by atoms with E-state index in [0.717, 1.165) is 23.8 Å². The van der Waals surface area contributed by atoms with Gasteiger partial charge in [-0.2, -0.15) is 0 Å². The van der Waals surface area contributed by atoms with E-state index in [2.05, 4.69) is 6.92 Å². The van der Waals surface area contributed by atoms with Crippen molar-refractivity contribution in [1.82, 2.24) is 0 Å². The number of carbonyl (C=O) groups is 1. The number of rotatable bonds is 6. The van der Waals surface area contributed by atoms with Crippen LogP contribution in [-0.4, -0.2) is 18.7 Å². The van der Waals surface area contributed by atoms with Gasteiger partial charge in [0.1, 0.15) is 11.3 Å². The Morgan fingerprint density at radius 3 is 2.70 bits per heavy atom. The molecule has 1 heterocycles. The van der Waals surface area contributed by atoms with E-state index in [9.17, 15) is 9.59 Å². The lowest BCUT2D eigenvalue weighted by molar-refractivity contribution is -0.150. The number of esters is 1. The molecule has 0 fully saturated rings. The van der Waals surface area contributed by atoms with Crippen molar-refractivity contribution in [2.75, 3.05) is 6.61 Å². The Labute approximate surface area is 135 Å². The van der Waals surface area contributed by atoms with Crippen molar-refractivity contribution >= 4 is 16.9 Å². The third-order valence-electron chi connectivity index (χ3n) is 3.64. The van der Waals surface area contributed by atoms with E-state index in [1.165, 1.54) is 6.07 Å². The Bertz CT molecular complexity index is 760. The van der Waals surface area contributed by atoms with Crippen LogP contribution < -0.4 is 10.4 Å². The first kappa shape index (κ1) is 17.1. The quantitative estimate of drug-likeness (QED) is 0.603. The van der Waals surface area contributed by atoms with E-state index in [1.807, 2.05) is 13.0 Å². The van der Waals surface area contributed by atoms with Gasteiger partial charge < -0.3 is 13.9 Å². The fourth-order valence-electron chi connectivity index (χ4n) is 2.51. The van der Waals surface area contributed by atoms with E-state index >= 15 is 0 Å². The molecule has 5 nitrogen and oxygen atoms in total. The first-order valence-electron chi connectivity index (χ1n) is 7.87. The van der Waals surface area contributed by atoms with Crippen LogP contribution in [0.25, 0.3) is 11.0 Å². The third-order valence-corrected chi connectivity index (χ3v) is 3.64. The van der Waals surface area contributed by atoms with Gasteiger partial charge in [-0.3, -0.25) is 0 Å². The monoisotopic (exact) mass is 318 g/mol. The molecule has 0 N–H and O–H groups in total. The zero-order valence-electron chi connectivity index (χ0n) is 14.0. The number of hydrogen-bond donors (Lipinski definition) is 0. The molecule has 1 atom stereocenters.